The SMILES string of the molecule is CN1CCC(NC(=O)c2ccccc2C#CCCO)CC1. The van der Waals surface area contributed by atoms with Gasteiger partial charge in [-0.25, -0.2) is 0 Å². The number of aliphatic hydroxyl groups excluding tert-OH is 1. The number of hydrogen-bond donors (Lipinski definition) is 2. The predicted octanol–water partition coefficient (Wildman–Crippen LogP) is 1.24. The van der Waals surface area contributed by atoms with Crippen molar-refractivity contribution in [2.24, 2.45) is 0 Å². The van der Waals surface area contributed by atoms with Crippen molar-refractivity contribution in [3.8, 4) is 11.8 Å². The van der Waals surface area contributed by atoms with Gasteiger partial charge >= 0.3 is 0 Å². The third-order valence-corrected chi connectivity index (χ3v) is 3.69. The molecule has 112 valence electrons. The average molecular weight is 286 g/mol. The van der Waals surface area contributed by atoms with Crippen molar-refractivity contribution in [1.29, 1.82) is 0 Å². The molecule has 1 aliphatic heterocycles. The molecule has 0 atom stereocenters. The topological polar surface area (TPSA) is 52.6 Å². The molecule has 0 spiro atoms. The van der Waals surface area contributed by atoms with Crippen LogP contribution >= 0.6 is 0 Å². The Balaban J connectivity index is 2.04. The first-order valence-electron chi connectivity index (χ1n) is 7.39. The molecule has 4 heteroatoms. The van der Waals surface area contributed by atoms with Gasteiger partial charge in [0.15, 0.2) is 0 Å². The zero-order chi connectivity index (χ0) is 15.1. The van der Waals surface area contributed by atoms with Crippen LogP contribution in [0.1, 0.15) is 35.2 Å². The number of rotatable bonds is 3. The molecular weight excluding hydrogens is 264 g/mol. The number of nitrogens with one attached hydrogen (secondary N) is 1. The summed E-state index contributed by atoms with van der Waals surface area (Å²) < 4.78 is 0. The van der Waals surface area contributed by atoms with E-state index in [1.165, 1.54) is 0 Å². The lowest BCUT2D eigenvalue weighted by atomic mass is 10.0. The van der Waals surface area contributed by atoms with Gasteiger partial charge in [0.25, 0.3) is 5.91 Å². The smallest absolute Gasteiger partial charge is 0.252 e. The largest absolute Gasteiger partial charge is 0.395 e. The molecule has 2 rings (SSSR count). The van der Waals surface area contributed by atoms with Crippen molar-refractivity contribution >= 4 is 5.91 Å². The number of likely N-dealkylation sites (tertiary alicyclic amines) is 1. The Kier molecular flexibility index (Phi) is 5.79. The molecule has 0 radical (unpaired) electrons. The molecule has 0 aromatic heterocycles. The van der Waals surface area contributed by atoms with Gasteiger partial charge in [-0.15, -0.1) is 0 Å². The van der Waals surface area contributed by atoms with E-state index in [9.17, 15) is 4.79 Å². The molecule has 0 saturated carbocycles. The van der Waals surface area contributed by atoms with E-state index in [0.29, 0.717) is 12.0 Å². The number of piperidine rings is 1. The number of carbonyl (C=O) groups is 1. The van der Waals surface area contributed by atoms with Gasteiger partial charge < -0.3 is 15.3 Å². The first-order chi connectivity index (χ1) is 10.2. The third-order valence-electron chi connectivity index (χ3n) is 3.69. The van der Waals surface area contributed by atoms with Gasteiger partial charge in [0, 0.05) is 18.0 Å². The fraction of sp³-hybridized carbons (Fsp3) is 0.471. The van der Waals surface area contributed by atoms with Gasteiger partial charge in [-0.3, -0.25) is 4.79 Å². The normalized spacial score (nSPS) is 16.1. The highest BCUT2D eigenvalue weighted by Crippen LogP contribution is 2.12. The lowest BCUT2D eigenvalue weighted by Gasteiger charge is -2.29. The van der Waals surface area contributed by atoms with Crippen LogP contribution in [0.2, 0.25) is 0 Å². The van der Waals surface area contributed by atoms with Gasteiger partial charge in [0.1, 0.15) is 0 Å². The van der Waals surface area contributed by atoms with E-state index in [2.05, 4.69) is 29.1 Å². The molecule has 1 aromatic carbocycles. The summed E-state index contributed by atoms with van der Waals surface area (Å²) in [5.74, 6) is 5.77. The molecule has 1 saturated heterocycles. The fourth-order valence-electron chi connectivity index (χ4n) is 2.42. The monoisotopic (exact) mass is 286 g/mol. The maximum Gasteiger partial charge on any atom is 0.252 e. The lowest BCUT2D eigenvalue weighted by molar-refractivity contribution is 0.0916. The summed E-state index contributed by atoms with van der Waals surface area (Å²) in [5, 5.41) is 11.9. The second-order valence-corrected chi connectivity index (χ2v) is 5.37. The molecule has 2 N–H and O–H groups in total. The number of nitrogens with zero attached hydrogens (tertiary/aromatic N) is 1. The number of amides is 1. The van der Waals surface area contributed by atoms with Gasteiger partial charge in [-0.2, -0.15) is 0 Å². The van der Waals surface area contributed by atoms with Crippen LogP contribution in [0.15, 0.2) is 24.3 Å². The number of hydrogen-bond acceptors (Lipinski definition) is 3. The zero-order valence-electron chi connectivity index (χ0n) is 12.4. The van der Waals surface area contributed by atoms with Crippen molar-refractivity contribution in [2.45, 2.75) is 25.3 Å². The van der Waals surface area contributed by atoms with E-state index in [-0.39, 0.29) is 18.6 Å². The molecule has 1 aliphatic rings. The minimum absolute atomic E-state index is 0.0386. The van der Waals surface area contributed by atoms with Crippen molar-refractivity contribution in [1.82, 2.24) is 10.2 Å². The minimum atomic E-state index is -0.0570. The van der Waals surface area contributed by atoms with Crippen LogP contribution < -0.4 is 5.32 Å². The highest BCUT2D eigenvalue weighted by atomic mass is 16.2. The van der Waals surface area contributed by atoms with E-state index in [4.69, 9.17) is 5.11 Å². The Morgan fingerprint density at radius 2 is 2.10 bits per heavy atom. The molecule has 1 aromatic rings. The predicted molar refractivity (Wildman–Crippen MR) is 83.0 cm³/mol. The molecule has 1 amide bonds. The van der Waals surface area contributed by atoms with Crippen molar-refractivity contribution < 1.29 is 9.90 Å². The molecule has 4 nitrogen and oxygen atoms in total. The number of carbonyl (C=O) groups excluding carboxylic acids is 1. The van der Waals surface area contributed by atoms with Crippen LogP contribution in [0, 0.1) is 11.8 Å². The fourth-order valence-corrected chi connectivity index (χ4v) is 2.42. The molecule has 21 heavy (non-hydrogen) atoms. The maximum absolute atomic E-state index is 12.4. The number of aliphatic hydroxyl groups is 1. The maximum atomic E-state index is 12.4. The van der Waals surface area contributed by atoms with Crippen molar-refractivity contribution in [3.63, 3.8) is 0 Å². The van der Waals surface area contributed by atoms with Gasteiger partial charge in [0.05, 0.1) is 12.2 Å². The highest BCUT2D eigenvalue weighted by Gasteiger charge is 2.19. The average Bonchev–Trinajstić information content (AvgIpc) is 2.50. The van der Waals surface area contributed by atoms with E-state index in [1.54, 1.807) is 6.07 Å². The van der Waals surface area contributed by atoms with Gasteiger partial charge in [0.2, 0.25) is 0 Å². The second-order valence-electron chi connectivity index (χ2n) is 5.37. The first kappa shape index (κ1) is 15.6. The first-order valence-corrected chi connectivity index (χ1v) is 7.39. The Hall–Kier alpha value is -1.83. The lowest BCUT2D eigenvalue weighted by Crippen LogP contribution is -2.43. The highest BCUT2D eigenvalue weighted by molar-refractivity contribution is 5.96. The molecule has 1 fully saturated rings. The summed E-state index contributed by atoms with van der Waals surface area (Å²) >= 11 is 0. The second kappa shape index (κ2) is 7.82. The van der Waals surface area contributed by atoms with Gasteiger partial charge in [-0.05, 0) is 45.1 Å². The van der Waals surface area contributed by atoms with Crippen LogP contribution in [0.4, 0.5) is 0 Å². The Morgan fingerprint density at radius 3 is 2.81 bits per heavy atom. The van der Waals surface area contributed by atoms with E-state index in [0.717, 1.165) is 31.5 Å². The summed E-state index contributed by atoms with van der Waals surface area (Å²) in [6.07, 6.45) is 2.39. The number of benzene rings is 1. The van der Waals surface area contributed by atoms with Crippen LogP contribution in [-0.2, 0) is 0 Å². The van der Waals surface area contributed by atoms with Crippen LogP contribution in [-0.4, -0.2) is 48.7 Å². The molecular formula is C17H22N2O2. The summed E-state index contributed by atoms with van der Waals surface area (Å²) in [7, 11) is 2.10. The summed E-state index contributed by atoms with van der Waals surface area (Å²) in [5.41, 5.74) is 1.33. The third kappa shape index (κ3) is 4.59. The Labute approximate surface area is 126 Å². The summed E-state index contributed by atoms with van der Waals surface area (Å²) in [6.45, 7) is 2.07. The Bertz CT molecular complexity index is 537. The standard InChI is InChI=1S/C17H22N2O2/c1-19-11-9-15(10-12-19)18-17(21)16-8-3-2-6-14(16)7-4-5-13-20/h2-3,6,8,15,20H,5,9-13H2,1H3,(H,18,21). The quantitative estimate of drug-likeness (QED) is 0.822. The van der Waals surface area contributed by atoms with Crippen LogP contribution in [0.5, 0.6) is 0 Å². The summed E-state index contributed by atoms with van der Waals surface area (Å²) in [6, 6.07) is 7.60. The van der Waals surface area contributed by atoms with E-state index in [1.807, 2.05) is 18.2 Å². The van der Waals surface area contributed by atoms with Gasteiger partial charge in [-0.1, -0.05) is 24.0 Å². The van der Waals surface area contributed by atoms with Crippen molar-refractivity contribution in [3.05, 3.63) is 35.4 Å². The van der Waals surface area contributed by atoms with E-state index < -0.39 is 0 Å². The molecule has 0 aliphatic carbocycles. The van der Waals surface area contributed by atoms with Crippen LogP contribution in [0.25, 0.3) is 0 Å². The molecule has 0 unspecified atom stereocenters. The Morgan fingerprint density at radius 1 is 1.38 bits per heavy atom. The van der Waals surface area contributed by atoms with Crippen LogP contribution in [0.3, 0.4) is 0 Å². The minimum Gasteiger partial charge on any atom is -0.395 e. The van der Waals surface area contributed by atoms with Crippen molar-refractivity contribution in [2.75, 3.05) is 26.7 Å². The zero-order valence-corrected chi connectivity index (χ0v) is 12.4. The van der Waals surface area contributed by atoms with E-state index >= 15 is 0 Å². The summed E-state index contributed by atoms with van der Waals surface area (Å²) in [4.78, 5) is 14.7. The molecule has 0 bridgehead atoms. The molecule has 1 heterocycles.